The molecule has 0 aliphatic carbocycles. The maximum absolute atomic E-state index is 16.1. The molecule has 1 saturated heterocycles. The number of carbonyl (C=O) groups excluding carboxylic acids is 5. The molecule has 1 unspecified atom stereocenters. The van der Waals surface area contributed by atoms with Crippen molar-refractivity contribution in [1.29, 1.82) is 0 Å². The van der Waals surface area contributed by atoms with Gasteiger partial charge in [0, 0.05) is 40.5 Å². The van der Waals surface area contributed by atoms with Crippen LogP contribution in [0, 0.1) is 0 Å². The molecule has 0 radical (unpaired) electrons. The van der Waals surface area contributed by atoms with Crippen molar-refractivity contribution in [2.75, 3.05) is 6.61 Å². The molecule has 12 heteroatoms. The molecule has 0 aromatic heterocycles. The van der Waals surface area contributed by atoms with E-state index in [1.807, 2.05) is 0 Å². The summed E-state index contributed by atoms with van der Waals surface area (Å²) >= 11 is 0. The van der Waals surface area contributed by atoms with Crippen LogP contribution in [0.2, 0.25) is 0 Å². The Labute approximate surface area is 369 Å². The van der Waals surface area contributed by atoms with Gasteiger partial charge >= 0.3 is 23.9 Å². The van der Waals surface area contributed by atoms with Crippen molar-refractivity contribution in [2.24, 2.45) is 0 Å². The highest BCUT2D eigenvalue weighted by Gasteiger charge is 2.52. The number of halogens is 1. The zero-order chi connectivity index (χ0) is 45.1. The van der Waals surface area contributed by atoms with Crippen LogP contribution in [0.4, 0.5) is 4.39 Å². The van der Waals surface area contributed by atoms with Crippen molar-refractivity contribution in [3.05, 3.63) is 0 Å². The van der Waals surface area contributed by atoms with E-state index in [2.05, 4.69) is 19.2 Å². The molecule has 356 valence electrons. The molecule has 0 bridgehead atoms. The molecule has 0 aromatic rings. The maximum Gasteiger partial charge on any atom is 0.303 e. The van der Waals surface area contributed by atoms with Gasteiger partial charge in [-0.3, -0.25) is 24.0 Å². The lowest BCUT2D eigenvalue weighted by molar-refractivity contribution is -0.254. The molecular weight excluding hydrogens is 782 g/mol. The number of rotatable bonds is 38. The fourth-order valence-electron chi connectivity index (χ4n) is 8.37. The molecular formula is C49H88FNO10. The summed E-state index contributed by atoms with van der Waals surface area (Å²) in [5, 5.41) is 2.90. The second-order valence-corrected chi connectivity index (χ2v) is 17.5. The zero-order valence-electron chi connectivity index (χ0n) is 39.4. The molecule has 0 spiro atoms. The molecule has 61 heavy (non-hydrogen) atoms. The average molecular weight is 870 g/mol. The Hall–Kier alpha value is -2.76. The Kier molecular flexibility index (Phi) is 33.8. The predicted octanol–water partition coefficient (Wildman–Crippen LogP) is 11.7. The largest absolute Gasteiger partial charge is 0.463 e. The van der Waals surface area contributed by atoms with E-state index in [1.165, 1.54) is 136 Å². The van der Waals surface area contributed by atoms with Gasteiger partial charge in [0.1, 0.15) is 25.0 Å². The minimum Gasteiger partial charge on any atom is -0.463 e. The monoisotopic (exact) mass is 870 g/mol. The number of carbonyl (C=O) groups is 5. The average Bonchev–Trinajstić information content (AvgIpc) is 3.20. The fraction of sp³-hybridized carbons (Fsp3) is 0.898. The summed E-state index contributed by atoms with van der Waals surface area (Å²) < 4.78 is 44.2. The minimum absolute atomic E-state index is 0.140. The van der Waals surface area contributed by atoms with Crippen molar-refractivity contribution in [3.63, 3.8) is 0 Å². The van der Waals surface area contributed by atoms with Crippen LogP contribution in [0.5, 0.6) is 0 Å². The highest BCUT2D eigenvalue weighted by Crippen LogP contribution is 2.32. The third kappa shape index (κ3) is 29.3. The van der Waals surface area contributed by atoms with E-state index in [-0.39, 0.29) is 31.8 Å². The Morgan fingerprint density at radius 3 is 1.25 bits per heavy atom. The molecule has 0 saturated carbocycles. The Bertz CT molecular complexity index is 1170. The highest BCUT2D eigenvalue weighted by molar-refractivity contribution is 5.76. The summed E-state index contributed by atoms with van der Waals surface area (Å²) in [6.45, 7) is 8.65. The van der Waals surface area contributed by atoms with E-state index in [9.17, 15) is 24.0 Å². The molecule has 1 heterocycles. The van der Waals surface area contributed by atoms with Crippen LogP contribution < -0.4 is 5.32 Å². The summed E-state index contributed by atoms with van der Waals surface area (Å²) in [5.41, 5.74) is 0. The minimum atomic E-state index is -1.44. The molecule has 1 aliphatic rings. The van der Waals surface area contributed by atoms with E-state index in [0.29, 0.717) is 12.8 Å². The topological polar surface area (TPSA) is 144 Å². The summed E-state index contributed by atoms with van der Waals surface area (Å²) in [6.07, 6.45) is 25.8. The highest BCUT2D eigenvalue weighted by atomic mass is 19.1. The summed E-state index contributed by atoms with van der Waals surface area (Å²) in [4.78, 5) is 61.8. The molecule has 1 amide bonds. The standard InChI is InChI=1S/C49H88FNO10/c1-7-9-11-13-14-15-16-17-18-19-20-21-22-23-24-25-26-27-28-29-30-31-33-35-46(56)51-43(42(50)34-32-12-10-8-2)36-44-47(58-39(4)53)49(60-41(6)55)48(59-40(5)54)45(61-44)37-57-38(3)52/h42-45,47-49H,7-37H2,1-6H3,(H,51,56)/t42-,43-,44?,45-,47+,48+,49-/m1/s1. The van der Waals surface area contributed by atoms with E-state index in [0.717, 1.165) is 52.4 Å². The van der Waals surface area contributed by atoms with Gasteiger partial charge in [0.25, 0.3) is 0 Å². The summed E-state index contributed by atoms with van der Waals surface area (Å²) in [7, 11) is 0. The van der Waals surface area contributed by atoms with Gasteiger partial charge in [0.15, 0.2) is 18.3 Å². The first-order valence-electron chi connectivity index (χ1n) is 24.6. The van der Waals surface area contributed by atoms with Crippen molar-refractivity contribution >= 4 is 29.8 Å². The van der Waals surface area contributed by atoms with E-state index in [4.69, 9.17) is 23.7 Å². The number of alkyl halides is 1. The quantitative estimate of drug-likeness (QED) is 0.0362. The maximum atomic E-state index is 16.1. The molecule has 1 rings (SSSR count). The van der Waals surface area contributed by atoms with Gasteiger partial charge < -0.3 is 29.0 Å². The second-order valence-electron chi connectivity index (χ2n) is 17.5. The number of unbranched alkanes of at least 4 members (excludes halogenated alkanes) is 25. The fourth-order valence-corrected chi connectivity index (χ4v) is 8.37. The first-order chi connectivity index (χ1) is 29.4. The van der Waals surface area contributed by atoms with Gasteiger partial charge in [-0.05, 0) is 12.8 Å². The van der Waals surface area contributed by atoms with Crippen LogP contribution in [0.25, 0.3) is 0 Å². The van der Waals surface area contributed by atoms with Crippen LogP contribution >= 0.6 is 0 Å². The number of esters is 4. The van der Waals surface area contributed by atoms with E-state index >= 15 is 4.39 Å². The molecule has 11 nitrogen and oxygen atoms in total. The predicted molar refractivity (Wildman–Crippen MR) is 239 cm³/mol. The van der Waals surface area contributed by atoms with Gasteiger partial charge in [-0.25, -0.2) is 4.39 Å². The zero-order valence-corrected chi connectivity index (χ0v) is 39.4. The molecule has 1 aliphatic heterocycles. The van der Waals surface area contributed by atoms with Gasteiger partial charge in [-0.1, -0.05) is 181 Å². The van der Waals surface area contributed by atoms with Crippen LogP contribution in [-0.4, -0.2) is 79.1 Å². The molecule has 1 fully saturated rings. The molecule has 1 N–H and O–H groups in total. The van der Waals surface area contributed by atoms with Crippen molar-refractivity contribution in [3.8, 4) is 0 Å². The van der Waals surface area contributed by atoms with E-state index in [1.54, 1.807) is 0 Å². The third-order valence-electron chi connectivity index (χ3n) is 11.7. The number of ether oxygens (including phenoxy) is 5. The van der Waals surface area contributed by atoms with Crippen LogP contribution in [0.15, 0.2) is 0 Å². The first kappa shape index (κ1) is 56.3. The third-order valence-corrected chi connectivity index (χ3v) is 11.7. The number of hydrogen-bond donors (Lipinski definition) is 1. The van der Waals surface area contributed by atoms with Gasteiger partial charge in [-0.2, -0.15) is 0 Å². The number of hydrogen-bond acceptors (Lipinski definition) is 10. The molecule has 0 aromatic carbocycles. The smallest absolute Gasteiger partial charge is 0.303 e. The van der Waals surface area contributed by atoms with Crippen molar-refractivity contribution < 1.29 is 52.0 Å². The molecule has 7 atom stereocenters. The van der Waals surface area contributed by atoms with Crippen molar-refractivity contribution in [1.82, 2.24) is 5.32 Å². The Morgan fingerprint density at radius 1 is 0.492 bits per heavy atom. The van der Waals surface area contributed by atoms with Crippen LogP contribution in [0.3, 0.4) is 0 Å². The lowest BCUT2D eigenvalue weighted by Gasteiger charge is -2.45. The lowest BCUT2D eigenvalue weighted by atomic mass is 9.89. The van der Waals surface area contributed by atoms with E-state index < -0.39 is 66.6 Å². The number of amides is 1. The normalized spacial score (nSPS) is 19.8. The Balaban J connectivity index is 2.58. The van der Waals surface area contributed by atoms with Gasteiger partial charge in [0.2, 0.25) is 5.91 Å². The van der Waals surface area contributed by atoms with Crippen LogP contribution in [0.1, 0.15) is 234 Å². The van der Waals surface area contributed by atoms with Crippen molar-refractivity contribution in [2.45, 2.75) is 277 Å². The Morgan fingerprint density at radius 2 is 0.852 bits per heavy atom. The van der Waals surface area contributed by atoms with Crippen LogP contribution in [-0.2, 0) is 47.7 Å². The second kappa shape index (κ2) is 36.7. The summed E-state index contributed by atoms with van der Waals surface area (Å²) in [5.74, 6) is -3.11. The number of nitrogens with one attached hydrogen (secondary N) is 1. The summed E-state index contributed by atoms with van der Waals surface area (Å²) in [6, 6.07) is -1.01. The van der Waals surface area contributed by atoms with Gasteiger partial charge in [-0.15, -0.1) is 0 Å². The SMILES string of the molecule is CCCCCCCCCCCCCCCCCCCCCCCCCC(=O)N[C@H](CC1O[C@H](COC(C)=O)[C@H](OC(C)=O)[C@H](OC(C)=O)[C@H]1OC(C)=O)[C@H](F)CCCCCC. The lowest BCUT2D eigenvalue weighted by Crippen LogP contribution is -2.63. The van der Waals surface area contributed by atoms with Gasteiger partial charge in [0.05, 0.1) is 6.04 Å². The first-order valence-corrected chi connectivity index (χ1v) is 24.6.